The molecule has 1 amide bonds. The summed E-state index contributed by atoms with van der Waals surface area (Å²) in [5.41, 5.74) is 1.48. The molecule has 0 radical (unpaired) electrons. The van der Waals surface area contributed by atoms with Crippen LogP contribution in [0.2, 0.25) is 10.0 Å². The van der Waals surface area contributed by atoms with E-state index in [9.17, 15) is 9.59 Å². The maximum atomic E-state index is 12.7. The number of fused-ring (bicyclic) bond motifs is 1. The van der Waals surface area contributed by atoms with E-state index >= 15 is 0 Å². The summed E-state index contributed by atoms with van der Waals surface area (Å²) in [5.74, 6) is -0.397. The Morgan fingerprint density at radius 3 is 2.71 bits per heavy atom. The van der Waals surface area contributed by atoms with Crippen molar-refractivity contribution in [1.82, 2.24) is 0 Å². The van der Waals surface area contributed by atoms with E-state index in [-0.39, 0.29) is 12.5 Å². The molecular formula is C20H21Cl2NO4S. The molecule has 1 aromatic carbocycles. The van der Waals surface area contributed by atoms with Gasteiger partial charge >= 0.3 is 5.97 Å². The van der Waals surface area contributed by atoms with Crippen LogP contribution in [0.25, 0.3) is 0 Å². The second-order valence-electron chi connectivity index (χ2n) is 6.46. The molecule has 3 rings (SSSR count). The smallest absolute Gasteiger partial charge is 0.341 e. The number of benzene rings is 1. The zero-order valence-electron chi connectivity index (χ0n) is 15.6. The molecule has 1 aliphatic rings. The third-order valence-electron chi connectivity index (χ3n) is 4.45. The maximum Gasteiger partial charge on any atom is 0.341 e. The second kappa shape index (κ2) is 9.16. The van der Waals surface area contributed by atoms with Gasteiger partial charge in [0.2, 0.25) is 0 Å². The molecule has 0 spiro atoms. The Labute approximate surface area is 177 Å². The number of anilines is 1. The molecule has 1 aromatic heterocycles. The van der Waals surface area contributed by atoms with Crippen LogP contribution in [0.15, 0.2) is 18.2 Å². The zero-order chi connectivity index (χ0) is 20.3. The van der Waals surface area contributed by atoms with Gasteiger partial charge in [-0.3, -0.25) is 4.79 Å². The number of carbonyl (C=O) groups excluding carboxylic acids is 2. The molecule has 1 N–H and O–H groups in total. The molecule has 0 bridgehead atoms. The lowest BCUT2D eigenvalue weighted by molar-refractivity contribution is -0.122. The monoisotopic (exact) mass is 441 g/mol. The summed E-state index contributed by atoms with van der Waals surface area (Å²) in [4.78, 5) is 26.3. The van der Waals surface area contributed by atoms with Gasteiger partial charge in [0.25, 0.3) is 5.91 Å². The Morgan fingerprint density at radius 1 is 1.25 bits per heavy atom. The van der Waals surface area contributed by atoms with Gasteiger partial charge in [-0.1, -0.05) is 23.2 Å². The highest BCUT2D eigenvalue weighted by Gasteiger charge is 2.28. The molecule has 8 heteroatoms. The molecule has 0 unspecified atom stereocenters. The first-order chi connectivity index (χ1) is 13.4. The molecule has 0 fully saturated rings. The van der Waals surface area contributed by atoms with Crippen molar-refractivity contribution in [3.8, 4) is 5.75 Å². The van der Waals surface area contributed by atoms with Crippen LogP contribution in [0.5, 0.6) is 5.75 Å². The topological polar surface area (TPSA) is 64.6 Å². The summed E-state index contributed by atoms with van der Waals surface area (Å²) in [6.07, 6.45) is 3.03. The molecular weight excluding hydrogens is 421 g/mol. The number of nitrogens with one attached hydrogen (secondary N) is 1. The van der Waals surface area contributed by atoms with Crippen molar-refractivity contribution in [1.29, 1.82) is 0 Å². The minimum atomic E-state index is -0.812. The fourth-order valence-corrected chi connectivity index (χ4v) is 4.83. The summed E-state index contributed by atoms with van der Waals surface area (Å²) in [6.45, 7) is 3.67. The number of thiophene rings is 1. The van der Waals surface area contributed by atoms with E-state index in [1.807, 2.05) is 0 Å². The van der Waals surface area contributed by atoms with Crippen LogP contribution >= 0.6 is 34.5 Å². The molecule has 1 aliphatic carbocycles. The SMILES string of the molecule is CCOC(=O)c1c(NC(=O)[C@H](C)Oc2ccc(Cl)cc2Cl)sc2c1CCCC2. The van der Waals surface area contributed by atoms with Crippen LogP contribution in [0.3, 0.4) is 0 Å². The van der Waals surface area contributed by atoms with Crippen molar-refractivity contribution in [2.45, 2.75) is 45.6 Å². The standard InChI is InChI=1S/C20H21Cl2NO4S/c1-3-26-20(25)17-13-6-4-5-7-16(13)28-19(17)23-18(24)11(2)27-15-9-8-12(21)10-14(15)22/h8-11H,3-7H2,1-2H3,(H,23,24)/t11-/m0/s1. The van der Waals surface area contributed by atoms with E-state index < -0.39 is 12.1 Å². The zero-order valence-corrected chi connectivity index (χ0v) is 18.0. The molecule has 0 saturated heterocycles. The summed E-state index contributed by atoms with van der Waals surface area (Å²) in [6, 6.07) is 4.80. The second-order valence-corrected chi connectivity index (χ2v) is 8.41. The van der Waals surface area contributed by atoms with Crippen LogP contribution in [0.4, 0.5) is 5.00 Å². The first-order valence-corrected chi connectivity index (χ1v) is 10.7. The number of aryl methyl sites for hydroxylation is 1. The Morgan fingerprint density at radius 2 is 2.00 bits per heavy atom. The Balaban J connectivity index is 1.79. The lowest BCUT2D eigenvalue weighted by atomic mass is 9.95. The fourth-order valence-electron chi connectivity index (χ4n) is 3.10. The van der Waals surface area contributed by atoms with Crippen molar-refractivity contribution in [3.63, 3.8) is 0 Å². The van der Waals surface area contributed by atoms with Gasteiger partial charge in [0.15, 0.2) is 6.10 Å². The predicted molar refractivity (Wildman–Crippen MR) is 112 cm³/mol. The van der Waals surface area contributed by atoms with Gasteiger partial charge in [-0.05, 0) is 63.3 Å². The maximum absolute atomic E-state index is 12.7. The molecule has 150 valence electrons. The third kappa shape index (κ3) is 4.62. The number of esters is 1. The Kier molecular flexibility index (Phi) is 6.86. The van der Waals surface area contributed by atoms with Gasteiger partial charge in [-0.25, -0.2) is 4.79 Å². The first kappa shape index (κ1) is 21.0. The average molecular weight is 442 g/mol. The summed E-state index contributed by atoms with van der Waals surface area (Å²) < 4.78 is 10.9. The lowest BCUT2D eigenvalue weighted by Gasteiger charge is -2.16. The van der Waals surface area contributed by atoms with Gasteiger partial charge in [0.1, 0.15) is 10.8 Å². The van der Waals surface area contributed by atoms with Gasteiger partial charge in [-0.15, -0.1) is 11.3 Å². The normalized spacial score (nSPS) is 14.1. The van der Waals surface area contributed by atoms with E-state index in [0.717, 1.165) is 36.1 Å². The highest BCUT2D eigenvalue weighted by molar-refractivity contribution is 7.17. The lowest BCUT2D eigenvalue weighted by Crippen LogP contribution is -2.30. The average Bonchev–Trinajstić information content (AvgIpc) is 3.02. The van der Waals surface area contributed by atoms with Crippen molar-refractivity contribution < 1.29 is 19.1 Å². The summed E-state index contributed by atoms with van der Waals surface area (Å²) in [5, 5.41) is 4.17. The van der Waals surface area contributed by atoms with Crippen molar-refractivity contribution in [2.24, 2.45) is 0 Å². The number of ether oxygens (including phenoxy) is 2. The number of rotatable bonds is 6. The van der Waals surface area contributed by atoms with Crippen molar-refractivity contribution in [2.75, 3.05) is 11.9 Å². The first-order valence-electron chi connectivity index (χ1n) is 9.15. The number of carbonyl (C=O) groups is 2. The van der Waals surface area contributed by atoms with Gasteiger partial charge in [0, 0.05) is 9.90 Å². The molecule has 1 heterocycles. The Hall–Kier alpha value is -1.76. The minimum Gasteiger partial charge on any atom is -0.479 e. The van der Waals surface area contributed by atoms with Crippen LogP contribution in [-0.2, 0) is 22.4 Å². The van der Waals surface area contributed by atoms with E-state index in [2.05, 4.69) is 5.32 Å². The van der Waals surface area contributed by atoms with E-state index in [0.29, 0.717) is 26.4 Å². The highest BCUT2D eigenvalue weighted by atomic mass is 35.5. The summed E-state index contributed by atoms with van der Waals surface area (Å²) in [7, 11) is 0. The fraction of sp³-hybridized carbons (Fsp3) is 0.400. The minimum absolute atomic E-state index is 0.283. The number of amides is 1. The summed E-state index contributed by atoms with van der Waals surface area (Å²) >= 11 is 13.4. The van der Waals surface area contributed by atoms with E-state index in [4.69, 9.17) is 32.7 Å². The predicted octanol–water partition coefficient (Wildman–Crippen LogP) is 5.52. The van der Waals surface area contributed by atoms with Gasteiger partial charge < -0.3 is 14.8 Å². The quantitative estimate of drug-likeness (QED) is 0.599. The van der Waals surface area contributed by atoms with Gasteiger partial charge in [-0.2, -0.15) is 0 Å². The third-order valence-corrected chi connectivity index (χ3v) is 6.19. The van der Waals surface area contributed by atoms with Crippen LogP contribution in [-0.4, -0.2) is 24.6 Å². The van der Waals surface area contributed by atoms with Gasteiger partial charge in [0.05, 0.1) is 17.2 Å². The highest BCUT2D eigenvalue weighted by Crippen LogP contribution is 2.39. The number of halogens is 2. The molecule has 1 atom stereocenters. The molecule has 2 aromatic rings. The van der Waals surface area contributed by atoms with E-state index in [1.54, 1.807) is 32.0 Å². The van der Waals surface area contributed by atoms with Crippen LogP contribution < -0.4 is 10.1 Å². The molecule has 5 nitrogen and oxygen atoms in total. The molecule has 0 aliphatic heterocycles. The van der Waals surface area contributed by atoms with Crippen LogP contribution in [0.1, 0.15) is 47.5 Å². The largest absolute Gasteiger partial charge is 0.479 e. The molecule has 28 heavy (non-hydrogen) atoms. The van der Waals surface area contributed by atoms with Crippen LogP contribution in [0, 0.1) is 0 Å². The van der Waals surface area contributed by atoms with Crippen molar-refractivity contribution >= 4 is 51.4 Å². The number of hydrogen-bond acceptors (Lipinski definition) is 5. The Bertz CT molecular complexity index is 897. The molecule has 0 saturated carbocycles. The van der Waals surface area contributed by atoms with Crippen molar-refractivity contribution in [3.05, 3.63) is 44.2 Å². The van der Waals surface area contributed by atoms with E-state index in [1.165, 1.54) is 11.3 Å². The number of hydrogen-bond donors (Lipinski definition) is 1.